The van der Waals surface area contributed by atoms with Crippen LogP contribution in [0.15, 0.2) is 30.3 Å². The van der Waals surface area contributed by atoms with Crippen molar-refractivity contribution in [3.8, 4) is 5.75 Å². The van der Waals surface area contributed by atoms with Crippen LogP contribution in [0.5, 0.6) is 5.75 Å². The lowest BCUT2D eigenvalue weighted by Crippen LogP contribution is -1.89. The fraction of sp³-hybridized carbons (Fsp3) is 0.0769. The summed E-state index contributed by atoms with van der Waals surface area (Å²) in [4.78, 5) is 0. The van der Waals surface area contributed by atoms with Crippen molar-refractivity contribution in [2.75, 3.05) is 7.11 Å². The molecule has 3 rings (SSSR count). The van der Waals surface area contributed by atoms with Crippen LogP contribution in [-0.2, 0) is 0 Å². The van der Waals surface area contributed by atoms with Gasteiger partial charge in [0.2, 0.25) is 0 Å². The molecule has 0 amide bonds. The third-order valence-corrected chi connectivity index (χ3v) is 3.43. The normalized spacial score (nSPS) is 11.1. The molecule has 1 heterocycles. The maximum absolute atomic E-state index is 6.05. The molecule has 0 aliphatic carbocycles. The van der Waals surface area contributed by atoms with Crippen molar-refractivity contribution in [3.63, 3.8) is 0 Å². The Balaban J connectivity index is 2.51. The minimum absolute atomic E-state index is 0.335. The average molecular weight is 279 g/mol. The Morgan fingerprint density at radius 1 is 0.944 bits per heavy atom. The lowest BCUT2D eigenvalue weighted by molar-refractivity contribution is 0.420. The predicted molar refractivity (Wildman–Crippen MR) is 73.6 cm³/mol. The molecule has 0 fully saturated rings. The molecule has 3 nitrogen and oxygen atoms in total. The third kappa shape index (κ3) is 1.67. The SMILES string of the molecule is COc1cccc2cc3c(Cl)nnc(Cl)c3cc12. The Labute approximate surface area is 113 Å². The molecule has 0 radical (unpaired) electrons. The van der Waals surface area contributed by atoms with Crippen molar-refractivity contribution >= 4 is 44.7 Å². The second-order valence-corrected chi connectivity index (χ2v) is 4.58. The smallest absolute Gasteiger partial charge is 0.159 e. The summed E-state index contributed by atoms with van der Waals surface area (Å²) in [6.45, 7) is 0. The van der Waals surface area contributed by atoms with Gasteiger partial charge in [-0.1, -0.05) is 35.3 Å². The Morgan fingerprint density at radius 2 is 1.61 bits per heavy atom. The molecule has 3 aromatic rings. The molecular weight excluding hydrogens is 271 g/mol. The number of nitrogens with zero attached hydrogens (tertiary/aromatic N) is 2. The molecule has 0 saturated carbocycles. The number of methoxy groups -OCH3 is 1. The highest BCUT2D eigenvalue weighted by molar-refractivity contribution is 6.39. The number of hydrogen-bond donors (Lipinski definition) is 0. The van der Waals surface area contributed by atoms with Crippen LogP contribution in [0.1, 0.15) is 0 Å². The number of benzene rings is 2. The summed E-state index contributed by atoms with van der Waals surface area (Å²) >= 11 is 12.1. The first-order chi connectivity index (χ1) is 8.70. The van der Waals surface area contributed by atoms with E-state index in [-0.39, 0.29) is 0 Å². The van der Waals surface area contributed by atoms with E-state index >= 15 is 0 Å². The Kier molecular flexibility index (Phi) is 2.73. The topological polar surface area (TPSA) is 35.0 Å². The first kappa shape index (κ1) is 11.5. The summed E-state index contributed by atoms with van der Waals surface area (Å²) in [5.41, 5.74) is 0. The van der Waals surface area contributed by atoms with Crippen LogP contribution in [0.25, 0.3) is 21.5 Å². The highest BCUT2D eigenvalue weighted by Crippen LogP contribution is 2.34. The molecule has 0 spiro atoms. The van der Waals surface area contributed by atoms with Gasteiger partial charge in [0, 0.05) is 16.2 Å². The van der Waals surface area contributed by atoms with Crippen LogP contribution >= 0.6 is 23.2 Å². The standard InChI is InChI=1S/C13H8Cl2N2O/c1-18-11-4-2-3-7-5-9-10(6-8(7)11)13(15)17-16-12(9)14/h2-6H,1H3. The fourth-order valence-corrected chi connectivity index (χ4v) is 2.40. The van der Waals surface area contributed by atoms with Gasteiger partial charge in [0.05, 0.1) is 7.11 Å². The minimum atomic E-state index is 0.335. The van der Waals surface area contributed by atoms with Gasteiger partial charge >= 0.3 is 0 Å². The highest BCUT2D eigenvalue weighted by atomic mass is 35.5. The van der Waals surface area contributed by atoms with Crippen molar-refractivity contribution in [3.05, 3.63) is 40.6 Å². The van der Waals surface area contributed by atoms with E-state index in [1.165, 1.54) is 0 Å². The van der Waals surface area contributed by atoms with Crippen molar-refractivity contribution in [1.29, 1.82) is 0 Å². The molecular formula is C13H8Cl2N2O. The number of fused-ring (bicyclic) bond motifs is 2. The van der Waals surface area contributed by atoms with E-state index in [0.717, 1.165) is 27.3 Å². The summed E-state index contributed by atoms with van der Waals surface area (Å²) in [7, 11) is 1.64. The molecule has 0 saturated heterocycles. The van der Waals surface area contributed by atoms with Crippen molar-refractivity contribution in [2.45, 2.75) is 0 Å². The van der Waals surface area contributed by atoms with Gasteiger partial charge in [-0.25, -0.2) is 0 Å². The lowest BCUT2D eigenvalue weighted by Gasteiger charge is -2.08. The molecule has 0 N–H and O–H groups in total. The van der Waals surface area contributed by atoms with Crippen LogP contribution in [-0.4, -0.2) is 17.3 Å². The van der Waals surface area contributed by atoms with E-state index in [2.05, 4.69) is 10.2 Å². The molecule has 90 valence electrons. The predicted octanol–water partition coefficient (Wildman–Crippen LogP) is 4.10. The van der Waals surface area contributed by atoms with Gasteiger partial charge in [0.25, 0.3) is 0 Å². The first-order valence-corrected chi connectivity index (χ1v) is 6.04. The van der Waals surface area contributed by atoms with E-state index in [0.29, 0.717) is 10.3 Å². The summed E-state index contributed by atoms with van der Waals surface area (Å²) in [6, 6.07) is 9.68. The van der Waals surface area contributed by atoms with Gasteiger partial charge in [-0.15, -0.1) is 10.2 Å². The molecule has 0 atom stereocenters. The van der Waals surface area contributed by atoms with Crippen LogP contribution < -0.4 is 4.74 Å². The zero-order valence-corrected chi connectivity index (χ0v) is 11.0. The lowest BCUT2D eigenvalue weighted by atomic mass is 10.1. The monoisotopic (exact) mass is 278 g/mol. The second-order valence-electron chi connectivity index (χ2n) is 3.86. The van der Waals surface area contributed by atoms with E-state index < -0.39 is 0 Å². The highest BCUT2D eigenvalue weighted by Gasteiger charge is 2.10. The number of aromatic nitrogens is 2. The zero-order valence-electron chi connectivity index (χ0n) is 9.45. The minimum Gasteiger partial charge on any atom is -0.496 e. The maximum atomic E-state index is 6.05. The molecule has 0 unspecified atom stereocenters. The van der Waals surface area contributed by atoms with Crippen LogP contribution in [0.2, 0.25) is 10.3 Å². The largest absolute Gasteiger partial charge is 0.496 e. The molecule has 1 aromatic heterocycles. The molecule has 18 heavy (non-hydrogen) atoms. The van der Waals surface area contributed by atoms with E-state index in [1.54, 1.807) is 7.11 Å². The van der Waals surface area contributed by atoms with Gasteiger partial charge in [-0.05, 0) is 23.6 Å². The molecule has 0 bridgehead atoms. The molecule has 5 heteroatoms. The van der Waals surface area contributed by atoms with Gasteiger partial charge in [0.1, 0.15) is 5.75 Å². The quantitative estimate of drug-likeness (QED) is 0.629. The van der Waals surface area contributed by atoms with Crippen molar-refractivity contribution < 1.29 is 4.74 Å². The van der Waals surface area contributed by atoms with Gasteiger partial charge < -0.3 is 4.74 Å². The number of halogens is 2. The second kappa shape index (κ2) is 4.26. The molecule has 2 aromatic carbocycles. The average Bonchev–Trinajstić information content (AvgIpc) is 2.41. The first-order valence-electron chi connectivity index (χ1n) is 5.29. The Hall–Kier alpha value is -1.58. The Bertz CT molecular complexity index is 759. The molecule has 0 aliphatic heterocycles. The number of ether oxygens (including phenoxy) is 1. The van der Waals surface area contributed by atoms with Crippen LogP contribution in [0.3, 0.4) is 0 Å². The van der Waals surface area contributed by atoms with Gasteiger partial charge in [-0.3, -0.25) is 0 Å². The van der Waals surface area contributed by atoms with Crippen LogP contribution in [0.4, 0.5) is 0 Å². The zero-order chi connectivity index (χ0) is 12.7. The summed E-state index contributed by atoms with van der Waals surface area (Å²) in [6.07, 6.45) is 0. The third-order valence-electron chi connectivity index (χ3n) is 2.87. The van der Waals surface area contributed by atoms with Gasteiger partial charge in [-0.2, -0.15) is 0 Å². The fourth-order valence-electron chi connectivity index (χ4n) is 2.01. The summed E-state index contributed by atoms with van der Waals surface area (Å²) < 4.78 is 5.33. The molecule has 0 aliphatic rings. The van der Waals surface area contributed by atoms with E-state index in [4.69, 9.17) is 27.9 Å². The van der Waals surface area contributed by atoms with Crippen molar-refractivity contribution in [2.24, 2.45) is 0 Å². The van der Waals surface area contributed by atoms with E-state index in [1.807, 2.05) is 30.3 Å². The summed E-state index contributed by atoms with van der Waals surface area (Å²) in [5, 5.41) is 11.9. The van der Waals surface area contributed by atoms with Crippen molar-refractivity contribution in [1.82, 2.24) is 10.2 Å². The van der Waals surface area contributed by atoms with Crippen LogP contribution in [0, 0.1) is 0 Å². The van der Waals surface area contributed by atoms with E-state index in [9.17, 15) is 0 Å². The number of hydrogen-bond acceptors (Lipinski definition) is 3. The Morgan fingerprint density at radius 3 is 2.28 bits per heavy atom. The summed E-state index contributed by atoms with van der Waals surface area (Å²) in [5.74, 6) is 0.790. The maximum Gasteiger partial charge on any atom is 0.159 e. The van der Waals surface area contributed by atoms with Gasteiger partial charge in [0.15, 0.2) is 10.3 Å². The number of rotatable bonds is 1.